The Morgan fingerprint density at radius 3 is 2.31 bits per heavy atom. The number of anilines is 2. The van der Waals surface area contributed by atoms with Crippen molar-refractivity contribution in [1.82, 2.24) is 24.7 Å². The second kappa shape index (κ2) is 8.60. The maximum absolute atomic E-state index is 14.3. The van der Waals surface area contributed by atoms with E-state index in [1.807, 2.05) is 0 Å². The van der Waals surface area contributed by atoms with Gasteiger partial charge < -0.3 is 16.2 Å². The van der Waals surface area contributed by atoms with Gasteiger partial charge in [0, 0.05) is 23.4 Å². The quantitative estimate of drug-likeness (QED) is 0.367. The zero-order valence-corrected chi connectivity index (χ0v) is 18.3. The monoisotopic (exact) mass is 477 g/mol. The molecule has 4 N–H and O–H groups in total. The summed E-state index contributed by atoms with van der Waals surface area (Å²) in [5.41, 5.74) is 13.6. The molecular weight excluding hydrogens is 459 g/mol. The molecule has 0 spiro atoms. The molecule has 35 heavy (non-hydrogen) atoms. The fourth-order valence-electron chi connectivity index (χ4n) is 3.82. The van der Waals surface area contributed by atoms with Crippen LogP contribution in [-0.4, -0.2) is 31.8 Å². The molecule has 2 aromatic carbocycles. The number of aromatic nitrogens is 5. The van der Waals surface area contributed by atoms with Crippen LogP contribution in [0, 0.1) is 17.5 Å². The van der Waals surface area contributed by atoms with Gasteiger partial charge in [-0.2, -0.15) is 19.7 Å². The Labute approximate surface area is 197 Å². The number of pyridine rings is 1. The van der Waals surface area contributed by atoms with Crippen LogP contribution in [0.4, 0.5) is 24.8 Å². The third kappa shape index (κ3) is 3.86. The van der Waals surface area contributed by atoms with Gasteiger partial charge in [-0.1, -0.05) is 24.3 Å². The molecule has 11 heteroatoms. The number of benzene rings is 2. The summed E-state index contributed by atoms with van der Waals surface area (Å²) in [6, 6.07) is 13.7. The van der Waals surface area contributed by atoms with Gasteiger partial charge in [0.15, 0.2) is 11.6 Å². The molecule has 0 unspecified atom stereocenters. The smallest absolute Gasteiger partial charge is 0.255 e. The highest BCUT2D eigenvalue weighted by Crippen LogP contribution is 2.31. The van der Waals surface area contributed by atoms with Crippen LogP contribution in [0.25, 0.3) is 28.1 Å². The van der Waals surface area contributed by atoms with Gasteiger partial charge >= 0.3 is 0 Å². The molecule has 0 aliphatic carbocycles. The predicted octanol–water partition coefficient (Wildman–Crippen LogP) is 4.06. The minimum absolute atomic E-state index is 0.0503. The second-order valence-electron chi connectivity index (χ2n) is 7.61. The average Bonchev–Trinajstić information content (AvgIpc) is 3.22. The molecule has 0 bridgehead atoms. The molecule has 0 atom stereocenters. The van der Waals surface area contributed by atoms with E-state index in [9.17, 15) is 13.2 Å². The van der Waals surface area contributed by atoms with E-state index in [0.29, 0.717) is 33.7 Å². The molecule has 0 radical (unpaired) electrons. The number of ether oxygens (including phenoxy) is 1. The highest BCUT2D eigenvalue weighted by Gasteiger charge is 2.21. The molecule has 0 fully saturated rings. The lowest BCUT2D eigenvalue weighted by Crippen LogP contribution is -2.11. The summed E-state index contributed by atoms with van der Waals surface area (Å²) in [4.78, 5) is 13.0. The van der Waals surface area contributed by atoms with Crippen molar-refractivity contribution >= 4 is 22.5 Å². The number of halogens is 3. The molecule has 3 aromatic heterocycles. The second-order valence-corrected chi connectivity index (χ2v) is 7.61. The molecular formula is C24H18F3N7O. The van der Waals surface area contributed by atoms with Gasteiger partial charge in [0.05, 0.1) is 29.6 Å². The number of hydrogen-bond acceptors (Lipinski definition) is 7. The number of rotatable bonds is 5. The van der Waals surface area contributed by atoms with E-state index in [2.05, 4.69) is 20.1 Å². The fraction of sp³-hybridized carbons (Fsp3) is 0.0833. The number of nitrogen functional groups attached to an aromatic ring is 2. The molecule has 176 valence electrons. The summed E-state index contributed by atoms with van der Waals surface area (Å²) in [5.74, 6) is -2.76. The van der Waals surface area contributed by atoms with Crippen LogP contribution in [0.3, 0.4) is 0 Å². The van der Waals surface area contributed by atoms with Gasteiger partial charge in [-0.15, -0.1) is 0 Å². The zero-order chi connectivity index (χ0) is 24.7. The third-order valence-electron chi connectivity index (χ3n) is 5.48. The number of nitrogens with zero attached hydrogens (tertiary/aromatic N) is 5. The van der Waals surface area contributed by atoms with E-state index in [4.69, 9.17) is 16.2 Å². The van der Waals surface area contributed by atoms with Crippen LogP contribution in [0.2, 0.25) is 0 Å². The van der Waals surface area contributed by atoms with E-state index in [1.165, 1.54) is 11.8 Å². The van der Waals surface area contributed by atoms with Crippen molar-refractivity contribution in [1.29, 1.82) is 0 Å². The predicted molar refractivity (Wildman–Crippen MR) is 124 cm³/mol. The molecule has 3 heterocycles. The summed E-state index contributed by atoms with van der Waals surface area (Å²) in [5, 5.41) is 5.05. The van der Waals surface area contributed by atoms with Crippen molar-refractivity contribution in [3.63, 3.8) is 0 Å². The van der Waals surface area contributed by atoms with Crippen LogP contribution in [0.1, 0.15) is 11.3 Å². The fourth-order valence-corrected chi connectivity index (χ4v) is 3.82. The SMILES string of the molecule is COc1cccc(-c2c(N)nc(-n3nc(Cc4c(F)ccc(F)c4F)c4ccccc43)nc2N)n1. The summed E-state index contributed by atoms with van der Waals surface area (Å²) < 4.78 is 48.9. The maximum Gasteiger partial charge on any atom is 0.255 e. The Bertz CT molecular complexity index is 1560. The first-order valence-electron chi connectivity index (χ1n) is 10.4. The Hall–Kier alpha value is -4.67. The van der Waals surface area contributed by atoms with Crippen molar-refractivity contribution in [2.75, 3.05) is 18.6 Å². The number of methoxy groups -OCH3 is 1. The van der Waals surface area contributed by atoms with Crippen LogP contribution in [-0.2, 0) is 6.42 Å². The van der Waals surface area contributed by atoms with Crippen LogP contribution in [0.15, 0.2) is 54.6 Å². The molecule has 0 aliphatic rings. The van der Waals surface area contributed by atoms with E-state index in [1.54, 1.807) is 42.5 Å². The number of nitrogens with two attached hydrogens (primary N) is 2. The lowest BCUT2D eigenvalue weighted by Gasteiger charge is -2.11. The molecule has 0 amide bonds. The number of fused-ring (bicyclic) bond motifs is 1. The van der Waals surface area contributed by atoms with Gasteiger partial charge in [0.2, 0.25) is 5.88 Å². The lowest BCUT2D eigenvalue weighted by molar-refractivity contribution is 0.398. The topological polar surface area (TPSA) is 118 Å². The van der Waals surface area contributed by atoms with E-state index in [0.717, 1.165) is 12.1 Å². The van der Waals surface area contributed by atoms with Gasteiger partial charge in [-0.25, -0.2) is 18.2 Å². The van der Waals surface area contributed by atoms with Crippen LogP contribution in [0.5, 0.6) is 5.88 Å². The maximum atomic E-state index is 14.3. The molecule has 5 aromatic rings. The van der Waals surface area contributed by atoms with Crippen molar-refractivity contribution in [3.05, 3.63) is 83.3 Å². The third-order valence-corrected chi connectivity index (χ3v) is 5.48. The Morgan fingerprint density at radius 1 is 0.857 bits per heavy atom. The summed E-state index contributed by atoms with van der Waals surface area (Å²) >= 11 is 0. The lowest BCUT2D eigenvalue weighted by atomic mass is 10.1. The van der Waals surface area contributed by atoms with Crippen LogP contribution >= 0.6 is 0 Å². The first-order chi connectivity index (χ1) is 16.9. The van der Waals surface area contributed by atoms with Crippen molar-refractivity contribution < 1.29 is 17.9 Å². The first-order valence-corrected chi connectivity index (χ1v) is 10.4. The minimum atomic E-state index is -1.26. The minimum Gasteiger partial charge on any atom is -0.481 e. The number of hydrogen-bond donors (Lipinski definition) is 2. The Balaban J connectivity index is 1.63. The summed E-state index contributed by atoms with van der Waals surface area (Å²) in [7, 11) is 1.49. The number of para-hydroxylation sites is 1. The Kier molecular flexibility index (Phi) is 5.44. The van der Waals surface area contributed by atoms with E-state index in [-0.39, 0.29) is 24.0 Å². The highest BCUT2D eigenvalue weighted by atomic mass is 19.2. The van der Waals surface area contributed by atoms with Crippen molar-refractivity contribution in [2.45, 2.75) is 6.42 Å². The van der Waals surface area contributed by atoms with Gasteiger partial charge in [0.1, 0.15) is 17.5 Å². The molecule has 5 rings (SSSR count). The molecule has 0 aliphatic heterocycles. The van der Waals surface area contributed by atoms with Gasteiger partial charge in [-0.05, 0) is 24.3 Å². The average molecular weight is 477 g/mol. The normalized spacial score (nSPS) is 11.2. The highest BCUT2D eigenvalue weighted by molar-refractivity contribution is 5.85. The van der Waals surface area contributed by atoms with Gasteiger partial charge in [-0.3, -0.25) is 0 Å². The zero-order valence-electron chi connectivity index (χ0n) is 18.3. The van der Waals surface area contributed by atoms with Crippen molar-refractivity contribution in [2.24, 2.45) is 0 Å². The molecule has 0 saturated heterocycles. The Morgan fingerprint density at radius 2 is 1.57 bits per heavy atom. The molecule has 8 nitrogen and oxygen atoms in total. The van der Waals surface area contributed by atoms with Gasteiger partial charge in [0.25, 0.3) is 5.95 Å². The largest absolute Gasteiger partial charge is 0.481 e. The summed E-state index contributed by atoms with van der Waals surface area (Å²) in [6.07, 6.45) is -0.292. The first kappa shape index (κ1) is 22.1. The van der Waals surface area contributed by atoms with E-state index < -0.39 is 23.0 Å². The van der Waals surface area contributed by atoms with Crippen molar-refractivity contribution in [3.8, 4) is 23.1 Å². The van der Waals surface area contributed by atoms with Crippen LogP contribution < -0.4 is 16.2 Å². The summed E-state index contributed by atoms with van der Waals surface area (Å²) in [6.45, 7) is 0. The van der Waals surface area contributed by atoms with E-state index >= 15 is 0 Å². The standard InChI is InChI=1S/C24H18F3N7O/c1-35-19-8-4-6-16(30-19)20-22(28)31-24(32-23(20)29)34-18-7-3-2-5-12(18)17(33-34)11-13-14(25)9-10-15(26)21(13)27/h2-10H,11H2,1H3,(H4,28,29,31,32). The molecule has 0 saturated carbocycles.